The van der Waals surface area contributed by atoms with Gasteiger partial charge in [0.05, 0.1) is 24.0 Å². The molecule has 1 aromatic rings. The van der Waals surface area contributed by atoms with Crippen LogP contribution in [0, 0.1) is 11.3 Å². The van der Waals surface area contributed by atoms with Gasteiger partial charge in [0.25, 0.3) is 0 Å². The maximum absolute atomic E-state index is 12.1. The Kier molecular flexibility index (Phi) is 4.88. The monoisotopic (exact) mass is 328 g/mol. The third-order valence-corrected chi connectivity index (χ3v) is 3.33. The van der Waals surface area contributed by atoms with Crippen molar-refractivity contribution in [2.24, 2.45) is 0 Å². The van der Waals surface area contributed by atoms with Gasteiger partial charge in [0.1, 0.15) is 17.7 Å². The van der Waals surface area contributed by atoms with E-state index in [0.29, 0.717) is 18.8 Å². The Morgan fingerprint density at radius 3 is 2.75 bits per heavy atom. The van der Waals surface area contributed by atoms with Gasteiger partial charge in [-0.15, -0.1) is 0 Å². The lowest BCUT2D eigenvalue weighted by atomic mass is 10.1. The fourth-order valence-electron chi connectivity index (χ4n) is 2.23. The third-order valence-electron chi connectivity index (χ3n) is 3.33. The van der Waals surface area contributed by atoms with Crippen molar-refractivity contribution in [2.75, 3.05) is 18.8 Å². The second kappa shape index (κ2) is 6.71. The van der Waals surface area contributed by atoms with Crippen LogP contribution in [0.1, 0.15) is 43.4 Å². The molecule has 2 rings (SSSR count). The van der Waals surface area contributed by atoms with Crippen molar-refractivity contribution in [3.05, 3.63) is 29.6 Å². The summed E-state index contributed by atoms with van der Waals surface area (Å²) in [5.41, 5.74) is 6.91. The number of nitrogens with two attached hydrogens (primary N) is 1. The van der Waals surface area contributed by atoms with Crippen LogP contribution < -0.4 is 5.73 Å². The number of amides is 1. The van der Waals surface area contributed by atoms with Gasteiger partial charge in [0.2, 0.25) is 0 Å². The molecule has 0 aliphatic carbocycles. The Hall–Kier alpha value is -2.88. The number of hydrogen-bond acceptors (Lipinski definition) is 6. The van der Waals surface area contributed by atoms with E-state index in [1.165, 1.54) is 0 Å². The summed E-state index contributed by atoms with van der Waals surface area (Å²) in [6, 6.07) is 5.08. The van der Waals surface area contributed by atoms with E-state index in [1.807, 2.05) is 26.8 Å². The number of ether oxygens (including phenoxy) is 1. The molecule has 7 heteroatoms. The van der Waals surface area contributed by atoms with Gasteiger partial charge >= 0.3 is 6.09 Å². The van der Waals surface area contributed by atoms with Crippen molar-refractivity contribution in [1.82, 2.24) is 9.88 Å². The molecule has 2 N–H and O–H groups in total. The van der Waals surface area contributed by atoms with Gasteiger partial charge in [-0.2, -0.15) is 5.26 Å². The fourth-order valence-corrected chi connectivity index (χ4v) is 2.23. The molecule has 2 heterocycles. The lowest BCUT2D eigenvalue weighted by Gasteiger charge is -2.24. The first kappa shape index (κ1) is 17.5. The Bertz CT molecular complexity index is 741. The van der Waals surface area contributed by atoms with Gasteiger partial charge in [-0.1, -0.05) is 6.08 Å². The lowest BCUT2D eigenvalue weighted by molar-refractivity contribution is 0.0306. The number of nitriles is 1. The van der Waals surface area contributed by atoms with Crippen LogP contribution in [0.15, 0.2) is 18.2 Å². The quantitative estimate of drug-likeness (QED) is 0.853. The van der Waals surface area contributed by atoms with Crippen LogP contribution >= 0.6 is 0 Å². The van der Waals surface area contributed by atoms with Gasteiger partial charge in [-0.05, 0) is 38.5 Å². The number of anilines is 1. The van der Waals surface area contributed by atoms with E-state index in [9.17, 15) is 9.59 Å². The third kappa shape index (κ3) is 4.10. The second-order valence-corrected chi connectivity index (χ2v) is 6.48. The molecule has 1 aromatic heterocycles. The molecule has 1 amide bonds. The molecule has 0 atom stereocenters. The minimum Gasteiger partial charge on any atom is -0.444 e. The molecule has 0 bridgehead atoms. The fraction of sp³-hybridized carbons (Fsp3) is 0.412. The molecular weight excluding hydrogens is 308 g/mol. The highest BCUT2D eigenvalue weighted by Gasteiger charge is 2.26. The van der Waals surface area contributed by atoms with Crippen molar-refractivity contribution in [1.29, 1.82) is 5.26 Å². The van der Waals surface area contributed by atoms with Crippen molar-refractivity contribution in [2.45, 2.75) is 32.8 Å². The molecule has 0 saturated heterocycles. The summed E-state index contributed by atoms with van der Waals surface area (Å²) in [6.07, 6.45) is 1.19. The molecule has 0 radical (unpaired) electrons. The van der Waals surface area contributed by atoms with Crippen LogP contribution in [0.4, 0.5) is 10.5 Å². The highest BCUT2D eigenvalue weighted by Crippen LogP contribution is 2.23. The summed E-state index contributed by atoms with van der Waals surface area (Å²) in [5, 5.41) is 8.65. The van der Waals surface area contributed by atoms with Crippen LogP contribution in [0.3, 0.4) is 0 Å². The Morgan fingerprint density at radius 2 is 2.12 bits per heavy atom. The highest BCUT2D eigenvalue weighted by atomic mass is 16.6. The van der Waals surface area contributed by atoms with E-state index >= 15 is 0 Å². The van der Waals surface area contributed by atoms with Gasteiger partial charge in [0, 0.05) is 6.54 Å². The molecule has 7 nitrogen and oxygen atoms in total. The minimum absolute atomic E-state index is 0.0886. The van der Waals surface area contributed by atoms with Crippen molar-refractivity contribution in [3.63, 3.8) is 0 Å². The zero-order valence-electron chi connectivity index (χ0n) is 14.0. The summed E-state index contributed by atoms with van der Waals surface area (Å²) in [7, 11) is 0. The van der Waals surface area contributed by atoms with E-state index in [1.54, 1.807) is 23.1 Å². The van der Waals surface area contributed by atoms with Crippen LogP contribution in [-0.2, 0) is 4.74 Å². The largest absolute Gasteiger partial charge is 0.444 e. The van der Waals surface area contributed by atoms with Gasteiger partial charge < -0.3 is 15.4 Å². The molecule has 0 saturated carbocycles. The van der Waals surface area contributed by atoms with E-state index in [2.05, 4.69) is 4.98 Å². The van der Waals surface area contributed by atoms with Crippen LogP contribution in [-0.4, -0.2) is 40.5 Å². The van der Waals surface area contributed by atoms with Crippen LogP contribution in [0.25, 0.3) is 5.57 Å². The first-order chi connectivity index (χ1) is 11.2. The zero-order valence-corrected chi connectivity index (χ0v) is 14.0. The average Bonchev–Trinajstić information content (AvgIpc) is 2.96. The first-order valence-corrected chi connectivity index (χ1v) is 7.55. The van der Waals surface area contributed by atoms with Crippen LogP contribution in [0.2, 0.25) is 0 Å². The summed E-state index contributed by atoms with van der Waals surface area (Å²) >= 11 is 0. The summed E-state index contributed by atoms with van der Waals surface area (Å²) < 4.78 is 5.34. The summed E-state index contributed by atoms with van der Waals surface area (Å²) in [5.74, 6) is -0.417. The highest BCUT2D eigenvalue weighted by molar-refractivity contribution is 6.00. The number of pyridine rings is 1. The molecule has 1 aliphatic rings. The second-order valence-electron chi connectivity index (χ2n) is 6.48. The van der Waals surface area contributed by atoms with Crippen molar-refractivity contribution in [3.8, 4) is 6.07 Å². The van der Waals surface area contributed by atoms with E-state index < -0.39 is 17.5 Å². The van der Waals surface area contributed by atoms with Gasteiger partial charge in [-0.3, -0.25) is 4.79 Å². The van der Waals surface area contributed by atoms with Crippen molar-refractivity contribution >= 4 is 23.1 Å². The summed E-state index contributed by atoms with van der Waals surface area (Å²) in [6.45, 7) is 6.19. The van der Waals surface area contributed by atoms with Gasteiger partial charge in [-0.25, -0.2) is 9.78 Å². The minimum atomic E-state index is -0.559. The number of aromatic nitrogens is 1. The molecule has 0 unspecified atom stereocenters. The van der Waals surface area contributed by atoms with E-state index in [4.69, 9.17) is 15.7 Å². The van der Waals surface area contributed by atoms with Crippen molar-refractivity contribution < 1.29 is 14.3 Å². The normalized spacial score (nSPS) is 14.1. The standard InChI is InChI=1S/C17H20N4O3/c1-17(2,3)24-16(23)21-9-7-11(10-21)13-5-4-12(19)15(20-13)14(22)6-8-18/h4-5,7H,6,9-10,19H2,1-3H3. The number of Topliss-reactive ketones (excluding diaryl/α,β-unsaturated/α-hetero) is 1. The maximum atomic E-state index is 12.1. The summed E-state index contributed by atoms with van der Waals surface area (Å²) in [4.78, 5) is 29.8. The average molecular weight is 328 g/mol. The predicted octanol–water partition coefficient (Wildman–Crippen LogP) is 2.39. The Morgan fingerprint density at radius 1 is 1.42 bits per heavy atom. The predicted molar refractivity (Wildman–Crippen MR) is 89.0 cm³/mol. The number of nitrogen functional groups attached to an aromatic ring is 1. The Labute approximate surface area is 140 Å². The number of carbonyl (C=O) groups excluding carboxylic acids is 2. The molecule has 1 aliphatic heterocycles. The van der Waals surface area contributed by atoms with E-state index in [0.717, 1.165) is 5.57 Å². The van der Waals surface area contributed by atoms with Crippen LogP contribution in [0.5, 0.6) is 0 Å². The smallest absolute Gasteiger partial charge is 0.410 e. The lowest BCUT2D eigenvalue weighted by Crippen LogP contribution is -2.35. The number of ketones is 1. The number of carbonyl (C=O) groups is 2. The Balaban J connectivity index is 2.14. The molecular formula is C17H20N4O3. The molecule has 0 fully saturated rings. The topological polar surface area (TPSA) is 109 Å². The molecule has 126 valence electrons. The number of nitrogens with zero attached hydrogens (tertiary/aromatic N) is 3. The molecule has 24 heavy (non-hydrogen) atoms. The number of rotatable bonds is 3. The van der Waals surface area contributed by atoms with E-state index in [-0.39, 0.29) is 17.8 Å². The molecule has 0 aromatic carbocycles. The first-order valence-electron chi connectivity index (χ1n) is 7.55. The SMILES string of the molecule is CC(C)(C)OC(=O)N1CC=C(c2ccc(N)c(C(=O)CC#N)n2)C1. The molecule has 0 spiro atoms. The maximum Gasteiger partial charge on any atom is 0.410 e. The van der Waals surface area contributed by atoms with Gasteiger partial charge in [0.15, 0.2) is 5.78 Å². The number of hydrogen-bond donors (Lipinski definition) is 1. The zero-order chi connectivity index (χ0) is 17.9.